The molecule has 1 amide bonds. The molecular weight excluding hydrogens is 170 g/mol. The summed E-state index contributed by atoms with van der Waals surface area (Å²) in [6.45, 7) is 5.66. The Morgan fingerprint density at radius 1 is 1.31 bits per heavy atom. The van der Waals surface area contributed by atoms with Crippen LogP contribution in [-0.2, 0) is 14.3 Å². The maximum Gasteiger partial charge on any atom is 0.328 e. The lowest BCUT2D eigenvalue weighted by Gasteiger charge is -2.14. The second-order valence-electron chi connectivity index (χ2n) is 2.63. The van der Waals surface area contributed by atoms with Crippen LogP contribution in [0.5, 0.6) is 0 Å². The Morgan fingerprint density at radius 3 is 2.31 bits per heavy atom. The Kier molecular flexibility index (Phi) is 5.93. The van der Waals surface area contributed by atoms with Crippen LogP contribution < -0.4 is 5.32 Å². The van der Waals surface area contributed by atoms with Gasteiger partial charge in [0, 0.05) is 6.42 Å². The topological polar surface area (TPSA) is 55.4 Å². The van der Waals surface area contributed by atoms with E-state index in [1.165, 1.54) is 0 Å². The summed E-state index contributed by atoms with van der Waals surface area (Å²) in [6.07, 6.45) is 0.945. The van der Waals surface area contributed by atoms with Gasteiger partial charge >= 0.3 is 5.97 Å². The number of hydrogen-bond acceptors (Lipinski definition) is 3. The van der Waals surface area contributed by atoms with Crippen molar-refractivity contribution in [1.82, 2.24) is 5.32 Å². The Morgan fingerprint density at radius 2 is 1.92 bits per heavy atom. The summed E-state index contributed by atoms with van der Waals surface area (Å²) < 4.78 is 4.79. The molecule has 0 aliphatic rings. The molecule has 0 heterocycles. The maximum absolute atomic E-state index is 11.2. The molecule has 0 saturated carbocycles. The summed E-state index contributed by atoms with van der Waals surface area (Å²) in [5, 5.41) is 2.59. The predicted octanol–water partition coefficient (Wildman–Crippen LogP) is 0.854. The molecule has 0 aliphatic heterocycles. The lowest BCUT2D eigenvalue weighted by molar-refractivity contribution is -0.147. The molecule has 0 aromatic carbocycles. The summed E-state index contributed by atoms with van der Waals surface area (Å²) >= 11 is 0. The first-order valence-electron chi connectivity index (χ1n) is 4.61. The molecule has 4 heteroatoms. The largest absolute Gasteiger partial charge is 0.464 e. The van der Waals surface area contributed by atoms with Gasteiger partial charge < -0.3 is 10.1 Å². The van der Waals surface area contributed by atoms with Gasteiger partial charge in [-0.25, -0.2) is 4.79 Å². The molecule has 0 aromatic rings. The van der Waals surface area contributed by atoms with Crippen molar-refractivity contribution in [2.45, 2.75) is 39.7 Å². The zero-order chi connectivity index (χ0) is 10.3. The molecular formula is C9H17NO3. The highest BCUT2D eigenvalue weighted by Crippen LogP contribution is 1.95. The van der Waals surface area contributed by atoms with Gasteiger partial charge in [0.15, 0.2) is 0 Å². The first-order valence-corrected chi connectivity index (χ1v) is 4.61. The first kappa shape index (κ1) is 11.9. The fourth-order valence-corrected chi connectivity index (χ4v) is 0.867. The van der Waals surface area contributed by atoms with Crippen molar-refractivity contribution in [2.24, 2.45) is 0 Å². The van der Waals surface area contributed by atoms with E-state index in [0.717, 1.165) is 0 Å². The van der Waals surface area contributed by atoms with E-state index in [4.69, 9.17) is 4.74 Å². The van der Waals surface area contributed by atoms with Gasteiger partial charge in [-0.2, -0.15) is 0 Å². The summed E-state index contributed by atoms with van der Waals surface area (Å²) in [6, 6.07) is -0.493. The standard InChI is InChI=1S/C9H17NO3/c1-4-7(9(12)13-6-3)10-8(11)5-2/h7H,4-6H2,1-3H3,(H,10,11)/t7-/m0/s1. The zero-order valence-electron chi connectivity index (χ0n) is 8.42. The van der Waals surface area contributed by atoms with Crippen molar-refractivity contribution in [2.75, 3.05) is 6.61 Å². The Labute approximate surface area is 78.6 Å². The van der Waals surface area contributed by atoms with E-state index in [1.54, 1.807) is 13.8 Å². The van der Waals surface area contributed by atoms with E-state index >= 15 is 0 Å². The van der Waals surface area contributed by atoms with Gasteiger partial charge in [0.05, 0.1) is 6.61 Å². The van der Waals surface area contributed by atoms with Gasteiger partial charge in [0.2, 0.25) is 5.91 Å². The van der Waals surface area contributed by atoms with Gasteiger partial charge in [-0.1, -0.05) is 13.8 Å². The van der Waals surface area contributed by atoms with Crippen molar-refractivity contribution in [3.63, 3.8) is 0 Å². The number of amides is 1. The number of rotatable bonds is 5. The SMILES string of the molecule is CCOC(=O)[C@H](CC)NC(=O)CC. The van der Waals surface area contributed by atoms with Crippen molar-refractivity contribution >= 4 is 11.9 Å². The molecule has 0 unspecified atom stereocenters. The van der Waals surface area contributed by atoms with Crippen LogP contribution in [0.2, 0.25) is 0 Å². The van der Waals surface area contributed by atoms with Gasteiger partial charge in [-0.05, 0) is 13.3 Å². The lowest BCUT2D eigenvalue weighted by atomic mass is 10.2. The van der Waals surface area contributed by atoms with E-state index in [0.29, 0.717) is 19.4 Å². The van der Waals surface area contributed by atoms with Crippen LogP contribution in [0.15, 0.2) is 0 Å². The fourth-order valence-electron chi connectivity index (χ4n) is 0.867. The van der Waals surface area contributed by atoms with Crippen LogP contribution in [0.4, 0.5) is 0 Å². The molecule has 0 bridgehead atoms. The molecule has 0 rings (SSSR count). The summed E-state index contributed by atoms with van der Waals surface area (Å²) in [5.74, 6) is -0.480. The Balaban J connectivity index is 4.01. The summed E-state index contributed by atoms with van der Waals surface area (Å²) in [5.41, 5.74) is 0. The van der Waals surface area contributed by atoms with Crippen LogP contribution in [0.25, 0.3) is 0 Å². The van der Waals surface area contributed by atoms with Crippen LogP contribution in [0.1, 0.15) is 33.6 Å². The molecule has 0 radical (unpaired) electrons. The third-order valence-corrected chi connectivity index (χ3v) is 1.64. The molecule has 13 heavy (non-hydrogen) atoms. The Bertz CT molecular complexity index is 180. The summed E-state index contributed by atoms with van der Waals surface area (Å²) in [7, 11) is 0. The third kappa shape index (κ3) is 4.50. The number of carbonyl (C=O) groups excluding carboxylic acids is 2. The van der Waals surface area contributed by atoms with E-state index in [1.807, 2.05) is 6.92 Å². The van der Waals surface area contributed by atoms with Crippen LogP contribution in [0.3, 0.4) is 0 Å². The Hall–Kier alpha value is -1.06. The fraction of sp³-hybridized carbons (Fsp3) is 0.778. The number of esters is 1. The highest BCUT2D eigenvalue weighted by atomic mass is 16.5. The smallest absolute Gasteiger partial charge is 0.328 e. The number of carbonyl (C=O) groups is 2. The molecule has 0 saturated heterocycles. The van der Waals surface area contributed by atoms with Crippen molar-refractivity contribution in [3.8, 4) is 0 Å². The molecule has 0 spiro atoms. The van der Waals surface area contributed by atoms with E-state index in [9.17, 15) is 9.59 Å². The first-order chi connectivity index (χ1) is 6.15. The van der Waals surface area contributed by atoms with Crippen molar-refractivity contribution < 1.29 is 14.3 Å². The number of hydrogen-bond donors (Lipinski definition) is 1. The average Bonchev–Trinajstić information content (AvgIpc) is 2.14. The maximum atomic E-state index is 11.2. The quantitative estimate of drug-likeness (QED) is 0.649. The van der Waals surface area contributed by atoms with Gasteiger partial charge in [-0.3, -0.25) is 4.79 Å². The molecule has 4 nitrogen and oxygen atoms in total. The van der Waals surface area contributed by atoms with Gasteiger partial charge in [0.1, 0.15) is 6.04 Å². The highest BCUT2D eigenvalue weighted by Gasteiger charge is 2.18. The minimum atomic E-state index is -0.493. The van der Waals surface area contributed by atoms with Crippen LogP contribution in [0, 0.1) is 0 Å². The molecule has 0 fully saturated rings. The van der Waals surface area contributed by atoms with Gasteiger partial charge in [0.25, 0.3) is 0 Å². The average molecular weight is 187 g/mol. The van der Waals surface area contributed by atoms with Crippen LogP contribution in [-0.4, -0.2) is 24.5 Å². The molecule has 0 aromatic heterocycles. The van der Waals surface area contributed by atoms with Gasteiger partial charge in [-0.15, -0.1) is 0 Å². The minimum absolute atomic E-state index is 0.125. The zero-order valence-corrected chi connectivity index (χ0v) is 8.42. The van der Waals surface area contributed by atoms with Crippen molar-refractivity contribution in [3.05, 3.63) is 0 Å². The third-order valence-electron chi connectivity index (χ3n) is 1.64. The minimum Gasteiger partial charge on any atom is -0.464 e. The summed E-state index contributed by atoms with van der Waals surface area (Å²) in [4.78, 5) is 22.2. The second-order valence-corrected chi connectivity index (χ2v) is 2.63. The predicted molar refractivity (Wildman–Crippen MR) is 49.1 cm³/mol. The van der Waals surface area contributed by atoms with E-state index in [2.05, 4.69) is 5.32 Å². The molecule has 76 valence electrons. The van der Waals surface area contributed by atoms with Crippen LogP contribution >= 0.6 is 0 Å². The monoisotopic (exact) mass is 187 g/mol. The number of ether oxygens (including phenoxy) is 1. The van der Waals surface area contributed by atoms with E-state index < -0.39 is 6.04 Å². The lowest BCUT2D eigenvalue weighted by Crippen LogP contribution is -2.41. The second kappa shape index (κ2) is 6.46. The highest BCUT2D eigenvalue weighted by molar-refractivity contribution is 5.84. The normalized spacial score (nSPS) is 11.9. The number of nitrogens with one attached hydrogen (secondary N) is 1. The molecule has 0 aliphatic carbocycles. The van der Waals surface area contributed by atoms with Crippen molar-refractivity contribution in [1.29, 1.82) is 0 Å². The molecule has 1 N–H and O–H groups in total. The molecule has 1 atom stereocenters. The van der Waals surface area contributed by atoms with E-state index in [-0.39, 0.29) is 11.9 Å².